The standard InChI is InChI=1S/C28H33NO10/c1-5-28(37)9-8-12-17(27(28)39-16-10-13(29(3)4)22(32)11(2)38-16)24(34)21-20(23(12)33)25(35)18-14(30)6-7-15(31)19(18)26(21)36/h6-7,11,13,16,22,27,30-34,37H,5,8-10H2,1-4H3/t11-,13-,16+,22+,27-,28-/m1/s1. The van der Waals surface area contributed by atoms with Gasteiger partial charge in [0.2, 0.25) is 11.6 Å². The monoisotopic (exact) mass is 543 g/mol. The molecule has 6 N–H and O–H groups in total. The Kier molecular flexibility index (Phi) is 6.63. The van der Waals surface area contributed by atoms with Crippen LogP contribution in [0.3, 0.4) is 0 Å². The van der Waals surface area contributed by atoms with Crippen LogP contribution in [0.5, 0.6) is 23.0 Å². The number of benzene rings is 2. The first-order valence-corrected chi connectivity index (χ1v) is 12.9. The molecule has 2 aliphatic carbocycles. The maximum absolute atomic E-state index is 13.6. The maximum atomic E-state index is 13.6. The molecule has 11 heteroatoms. The Labute approximate surface area is 224 Å². The van der Waals surface area contributed by atoms with Gasteiger partial charge in [-0.25, -0.2) is 0 Å². The number of carbonyl (C=O) groups excluding carboxylic acids is 2. The number of nitrogens with zero attached hydrogens (tertiary/aromatic N) is 1. The summed E-state index contributed by atoms with van der Waals surface area (Å²) in [5.41, 5.74) is -3.42. The van der Waals surface area contributed by atoms with Gasteiger partial charge in [-0.1, -0.05) is 6.92 Å². The van der Waals surface area contributed by atoms with Gasteiger partial charge in [0.1, 0.15) is 29.1 Å². The van der Waals surface area contributed by atoms with Crippen molar-refractivity contribution in [2.24, 2.45) is 0 Å². The lowest BCUT2D eigenvalue weighted by Gasteiger charge is -2.46. The number of phenolic OH excluding ortho intramolecular Hbond substituents is 4. The van der Waals surface area contributed by atoms with E-state index in [4.69, 9.17) is 9.47 Å². The molecule has 0 amide bonds. The largest absolute Gasteiger partial charge is 0.507 e. The van der Waals surface area contributed by atoms with E-state index in [1.165, 1.54) is 0 Å². The van der Waals surface area contributed by atoms with Gasteiger partial charge in [-0.2, -0.15) is 0 Å². The zero-order valence-corrected chi connectivity index (χ0v) is 22.1. The summed E-state index contributed by atoms with van der Waals surface area (Å²) in [7, 11) is 3.62. The molecule has 5 rings (SSSR count). The van der Waals surface area contributed by atoms with Crippen molar-refractivity contribution in [2.45, 2.75) is 75.8 Å². The van der Waals surface area contributed by atoms with E-state index in [9.17, 15) is 40.2 Å². The van der Waals surface area contributed by atoms with E-state index >= 15 is 0 Å². The van der Waals surface area contributed by atoms with E-state index < -0.39 is 87.0 Å². The molecule has 1 fully saturated rings. The number of ketones is 2. The van der Waals surface area contributed by atoms with Crippen LogP contribution < -0.4 is 0 Å². The lowest BCUT2D eigenvalue weighted by Crippen LogP contribution is -2.54. The molecule has 0 unspecified atom stereocenters. The lowest BCUT2D eigenvalue weighted by molar-refractivity contribution is -0.276. The molecule has 11 nitrogen and oxygen atoms in total. The Morgan fingerprint density at radius 2 is 1.56 bits per heavy atom. The number of fused-ring (bicyclic) bond motifs is 3. The molecule has 1 saturated heterocycles. The minimum absolute atomic E-state index is 0.0464. The second-order valence-electron chi connectivity index (χ2n) is 10.9. The van der Waals surface area contributed by atoms with Crippen molar-refractivity contribution in [1.29, 1.82) is 0 Å². The highest BCUT2D eigenvalue weighted by Gasteiger charge is 2.50. The SMILES string of the molecule is CC[C@@]1(O)CCc2c(O)c3c(c(O)c2[C@H]1O[C@H]1C[C@@H](N(C)C)[C@@H](O)[C@@H](C)O1)C(=O)c1c(O)ccc(O)c1C3=O. The van der Waals surface area contributed by atoms with Gasteiger partial charge in [0.15, 0.2) is 6.29 Å². The fourth-order valence-corrected chi connectivity index (χ4v) is 6.14. The zero-order valence-electron chi connectivity index (χ0n) is 22.1. The van der Waals surface area contributed by atoms with Gasteiger partial charge in [-0.15, -0.1) is 0 Å². The van der Waals surface area contributed by atoms with Gasteiger partial charge in [-0.05, 0) is 52.4 Å². The first-order valence-electron chi connectivity index (χ1n) is 12.9. The van der Waals surface area contributed by atoms with Crippen LogP contribution in [-0.4, -0.2) is 91.3 Å². The molecule has 0 radical (unpaired) electrons. The van der Waals surface area contributed by atoms with Crippen LogP contribution >= 0.6 is 0 Å². The number of aliphatic hydroxyl groups excluding tert-OH is 1. The van der Waals surface area contributed by atoms with E-state index in [0.29, 0.717) is 0 Å². The van der Waals surface area contributed by atoms with Crippen molar-refractivity contribution >= 4 is 11.6 Å². The fourth-order valence-electron chi connectivity index (χ4n) is 6.14. The van der Waals surface area contributed by atoms with Crippen LogP contribution in [0.1, 0.15) is 82.2 Å². The molecule has 2 aromatic rings. The average Bonchev–Trinajstić information content (AvgIpc) is 2.88. The highest BCUT2D eigenvalue weighted by atomic mass is 16.7. The molecule has 0 aromatic heterocycles. The molecule has 1 heterocycles. The number of carbonyl (C=O) groups is 2. The Hall–Kier alpha value is -3.22. The van der Waals surface area contributed by atoms with E-state index in [2.05, 4.69) is 0 Å². The molecule has 3 aliphatic rings. The van der Waals surface area contributed by atoms with Crippen molar-refractivity contribution in [1.82, 2.24) is 4.90 Å². The summed E-state index contributed by atoms with van der Waals surface area (Å²) >= 11 is 0. The minimum Gasteiger partial charge on any atom is -0.507 e. The number of ether oxygens (including phenoxy) is 2. The molecule has 2 aromatic carbocycles. The molecule has 0 saturated carbocycles. The second kappa shape index (κ2) is 9.46. The molecule has 39 heavy (non-hydrogen) atoms. The van der Waals surface area contributed by atoms with E-state index in [1.54, 1.807) is 13.8 Å². The van der Waals surface area contributed by atoms with Gasteiger partial charge < -0.3 is 45.0 Å². The number of aliphatic hydroxyl groups is 2. The predicted octanol–water partition coefficient (Wildman–Crippen LogP) is 1.86. The molecule has 0 spiro atoms. The highest BCUT2D eigenvalue weighted by molar-refractivity contribution is 6.32. The van der Waals surface area contributed by atoms with Crippen LogP contribution in [0.4, 0.5) is 0 Å². The van der Waals surface area contributed by atoms with Crippen LogP contribution in [0.15, 0.2) is 12.1 Å². The van der Waals surface area contributed by atoms with Crippen molar-refractivity contribution in [3.63, 3.8) is 0 Å². The van der Waals surface area contributed by atoms with Gasteiger partial charge in [0.05, 0.1) is 40.1 Å². The molecular weight excluding hydrogens is 510 g/mol. The first-order chi connectivity index (χ1) is 18.3. The molecule has 6 atom stereocenters. The summed E-state index contributed by atoms with van der Waals surface area (Å²) in [5, 5.41) is 65.7. The van der Waals surface area contributed by atoms with E-state index in [-0.39, 0.29) is 42.9 Å². The summed E-state index contributed by atoms with van der Waals surface area (Å²) in [6.45, 7) is 3.43. The summed E-state index contributed by atoms with van der Waals surface area (Å²) in [6, 6.07) is 1.79. The van der Waals surface area contributed by atoms with Crippen LogP contribution in [-0.2, 0) is 15.9 Å². The third kappa shape index (κ3) is 3.99. The molecule has 0 bridgehead atoms. The van der Waals surface area contributed by atoms with Gasteiger partial charge >= 0.3 is 0 Å². The maximum Gasteiger partial charge on any atom is 0.202 e. The van der Waals surface area contributed by atoms with Crippen LogP contribution in [0.2, 0.25) is 0 Å². The highest BCUT2D eigenvalue weighted by Crippen LogP contribution is 2.54. The normalized spacial score (nSPS) is 30.2. The molecule has 210 valence electrons. The number of phenols is 4. The lowest BCUT2D eigenvalue weighted by atomic mass is 9.71. The predicted molar refractivity (Wildman–Crippen MR) is 136 cm³/mol. The Morgan fingerprint density at radius 1 is 1.00 bits per heavy atom. The summed E-state index contributed by atoms with van der Waals surface area (Å²) < 4.78 is 12.2. The third-order valence-corrected chi connectivity index (χ3v) is 8.46. The smallest absolute Gasteiger partial charge is 0.202 e. The number of likely N-dealkylation sites (N-methyl/N-ethyl adjacent to an activating group) is 1. The van der Waals surface area contributed by atoms with Crippen molar-refractivity contribution in [2.75, 3.05) is 14.1 Å². The number of aromatic hydroxyl groups is 4. The summed E-state index contributed by atoms with van der Waals surface area (Å²) in [4.78, 5) is 28.8. The third-order valence-electron chi connectivity index (χ3n) is 8.46. The Morgan fingerprint density at radius 3 is 2.10 bits per heavy atom. The fraction of sp³-hybridized carbons (Fsp3) is 0.500. The molecule has 1 aliphatic heterocycles. The first kappa shape index (κ1) is 27.4. The average molecular weight is 544 g/mol. The van der Waals surface area contributed by atoms with Gasteiger partial charge in [-0.3, -0.25) is 9.59 Å². The number of rotatable bonds is 4. The van der Waals surface area contributed by atoms with E-state index in [0.717, 1.165) is 12.1 Å². The topological polar surface area (TPSA) is 177 Å². The van der Waals surface area contributed by atoms with Gasteiger partial charge in [0, 0.05) is 23.6 Å². The van der Waals surface area contributed by atoms with Crippen molar-refractivity contribution < 1.29 is 49.7 Å². The Bertz CT molecular complexity index is 1370. The van der Waals surface area contributed by atoms with Crippen molar-refractivity contribution in [3.05, 3.63) is 45.5 Å². The van der Waals surface area contributed by atoms with Crippen LogP contribution in [0, 0.1) is 0 Å². The zero-order chi connectivity index (χ0) is 28.5. The molecular formula is C28H33NO10. The van der Waals surface area contributed by atoms with Crippen molar-refractivity contribution in [3.8, 4) is 23.0 Å². The minimum atomic E-state index is -1.53. The van der Waals surface area contributed by atoms with Gasteiger partial charge in [0.25, 0.3) is 0 Å². The van der Waals surface area contributed by atoms with E-state index in [1.807, 2.05) is 19.0 Å². The summed E-state index contributed by atoms with van der Waals surface area (Å²) in [5.74, 6) is -4.23. The second-order valence-corrected chi connectivity index (χ2v) is 10.9. The van der Waals surface area contributed by atoms with Crippen LogP contribution in [0.25, 0.3) is 0 Å². The number of hydrogen-bond donors (Lipinski definition) is 6. The quantitative estimate of drug-likeness (QED) is 0.265. The summed E-state index contributed by atoms with van der Waals surface area (Å²) in [6.07, 6.45) is -2.97. The number of hydrogen-bond acceptors (Lipinski definition) is 11. The Balaban J connectivity index is 1.67.